The molecule has 10 nitrogen and oxygen atoms in total. The number of rotatable bonds is 15. The summed E-state index contributed by atoms with van der Waals surface area (Å²) in [5.74, 6) is -0.954. The fourth-order valence-electron chi connectivity index (χ4n) is 5.10. The van der Waals surface area contributed by atoms with E-state index in [1.165, 1.54) is 24.6 Å². The second kappa shape index (κ2) is 17.5. The number of aliphatic hydroxyl groups excluding tert-OH is 1. The van der Waals surface area contributed by atoms with Gasteiger partial charge in [0.1, 0.15) is 18.1 Å². The molecule has 3 aromatic carbocycles. The monoisotopic (exact) mass is 663 g/mol. The van der Waals surface area contributed by atoms with Crippen LogP contribution >= 0.6 is 0 Å². The van der Waals surface area contributed by atoms with Gasteiger partial charge in [0.25, 0.3) is 17.7 Å². The van der Waals surface area contributed by atoms with Crippen LogP contribution in [0.1, 0.15) is 90.9 Å². The number of benzene rings is 3. The predicted molar refractivity (Wildman–Crippen MR) is 183 cm³/mol. The topological polar surface area (TPSA) is 135 Å². The Hall–Kier alpha value is -4.64. The minimum absolute atomic E-state index is 0.121. The zero-order chi connectivity index (χ0) is 34.6. The normalized spacial score (nSPS) is 13.2. The van der Waals surface area contributed by atoms with Gasteiger partial charge < -0.3 is 35.3 Å². The molecule has 0 spiro atoms. The van der Waals surface area contributed by atoms with E-state index in [2.05, 4.69) is 16.0 Å². The molecule has 1 saturated carbocycles. The second-order valence-electron chi connectivity index (χ2n) is 12.8. The molecule has 0 bridgehead atoms. The van der Waals surface area contributed by atoms with Gasteiger partial charge in [-0.3, -0.25) is 14.4 Å². The summed E-state index contributed by atoms with van der Waals surface area (Å²) in [6.45, 7) is 8.25. The van der Waals surface area contributed by atoms with Crippen LogP contribution in [0.2, 0.25) is 0 Å². The molecule has 0 radical (unpaired) electrons. The van der Waals surface area contributed by atoms with Gasteiger partial charge in [0.2, 0.25) is 0 Å². The van der Waals surface area contributed by atoms with E-state index in [0.717, 1.165) is 31.7 Å². The van der Waals surface area contributed by atoms with E-state index in [0.29, 0.717) is 35.9 Å². The maximum absolute atomic E-state index is 14.1. The van der Waals surface area contributed by atoms with Crippen LogP contribution in [0, 0.1) is 17.7 Å². The summed E-state index contributed by atoms with van der Waals surface area (Å²) in [5.41, 5.74) is 1.57. The van der Waals surface area contributed by atoms with E-state index in [4.69, 9.17) is 19.3 Å². The highest BCUT2D eigenvalue weighted by Gasteiger charge is 2.20. The van der Waals surface area contributed by atoms with Crippen molar-refractivity contribution in [3.63, 3.8) is 0 Å². The van der Waals surface area contributed by atoms with Crippen molar-refractivity contribution in [2.24, 2.45) is 11.8 Å². The summed E-state index contributed by atoms with van der Waals surface area (Å²) in [6.07, 6.45) is 5.33. The van der Waals surface area contributed by atoms with Crippen molar-refractivity contribution in [3.8, 4) is 17.2 Å². The Morgan fingerprint density at radius 2 is 1.19 bits per heavy atom. The molecule has 0 aliphatic heterocycles. The molecule has 11 heteroatoms. The first-order valence-corrected chi connectivity index (χ1v) is 16.5. The lowest BCUT2D eigenvalue weighted by molar-refractivity contribution is 0.0926. The van der Waals surface area contributed by atoms with Crippen LogP contribution < -0.4 is 30.2 Å². The summed E-state index contributed by atoms with van der Waals surface area (Å²) in [7, 11) is 0. The molecule has 1 aliphatic carbocycles. The molecule has 3 aromatic rings. The first-order chi connectivity index (χ1) is 23.0. The average molecular weight is 664 g/mol. The Bertz CT molecular complexity index is 1570. The molecule has 258 valence electrons. The molecular formula is C37H46FN3O7. The van der Waals surface area contributed by atoms with Crippen molar-refractivity contribution in [3.05, 3.63) is 77.1 Å². The van der Waals surface area contributed by atoms with Crippen LogP contribution in [0.25, 0.3) is 0 Å². The van der Waals surface area contributed by atoms with Crippen molar-refractivity contribution in [1.29, 1.82) is 0 Å². The summed E-state index contributed by atoms with van der Waals surface area (Å²) in [5, 5.41) is 17.8. The van der Waals surface area contributed by atoms with E-state index < -0.39 is 17.6 Å². The quantitative estimate of drug-likeness (QED) is 0.140. The zero-order valence-corrected chi connectivity index (χ0v) is 28.1. The highest BCUT2D eigenvalue weighted by molar-refractivity contribution is 6.08. The number of nitrogens with one attached hydrogen (secondary N) is 3. The van der Waals surface area contributed by atoms with Crippen LogP contribution in [0.5, 0.6) is 17.2 Å². The van der Waals surface area contributed by atoms with Gasteiger partial charge in [-0.15, -0.1) is 0 Å². The Balaban J connectivity index is 1.54. The second-order valence-corrected chi connectivity index (χ2v) is 12.8. The van der Waals surface area contributed by atoms with Gasteiger partial charge in [0.15, 0.2) is 11.6 Å². The lowest BCUT2D eigenvalue weighted by Gasteiger charge is -2.23. The molecule has 3 amide bonds. The molecule has 0 aromatic heterocycles. The van der Waals surface area contributed by atoms with E-state index in [9.17, 15) is 18.8 Å². The van der Waals surface area contributed by atoms with Crippen LogP contribution in [-0.2, 0) is 0 Å². The summed E-state index contributed by atoms with van der Waals surface area (Å²) in [6, 6.07) is 13.5. The van der Waals surface area contributed by atoms with Crippen molar-refractivity contribution in [1.82, 2.24) is 5.32 Å². The number of ether oxygens (including phenoxy) is 3. The zero-order valence-electron chi connectivity index (χ0n) is 28.1. The van der Waals surface area contributed by atoms with Crippen molar-refractivity contribution in [2.75, 3.05) is 37.1 Å². The maximum Gasteiger partial charge on any atom is 0.255 e. The number of aliphatic hydroxyl groups is 1. The third-order valence-corrected chi connectivity index (χ3v) is 7.61. The van der Waals surface area contributed by atoms with Gasteiger partial charge in [-0.05, 0) is 79.3 Å². The van der Waals surface area contributed by atoms with Gasteiger partial charge in [-0.2, -0.15) is 0 Å². The Morgan fingerprint density at radius 1 is 0.708 bits per heavy atom. The third kappa shape index (κ3) is 10.4. The number of hydrogen-bond acceptors (Lipinski definition) is 7. The average Bonchev–Trinajstić information content (AvgIpc) is 3.07. The van der Waals surface area contributed by atoms with Crippen LogP contribution in [-0.4, -0.2) is 55.3 Å². The Morgan fingerprint density at radius 3 is 1.69 bits per heavy atom. The van der Waals surface area contributed by atoms with Gasteiger partial charge in [-0.1, -0.05) is 47.0 Å². The summed E-state index contributed by atoms with van der Waals surface area (Å²) in [4.78, 5) is 39.7. The number of hydrogen-bond donors (Lipinski definition) is 4. The van der Waals surface area contributed by atoms with Crippen molar-refractivity contribution >= 4 is 29.1 Å². The van der Waals surface area contributed by atoms with Crippen molar-refractivity contribution in [2.45, 2.75) is 65.8 Å². The van der Waals surface area contributed by atoms with E-state index >= 15 is 0 Å². The molecule has 0 unspecified atom stereocenters. The van der Waals surface area contributed by atoms with Gasteiger partial charge in [0.05, 0.1) is 31.2 Å². The Labute approximate surface area is 281 Å². The predicted octanol–water partition coefficient (Wildman–Crippen LogP) is 6.83. The van der Waals surface area contributed by atoms with Gasteiger partial charge >= 0.3 is 0 Å². The molecule has 1 fully saturated rings. The maximum atomic E-state index is 14.1. The van der Waals surface area contributed by atoms with Gasteiger partial charge in [0, 0.05) is 22.7 Å². The molecular weight excluding hydrogens is 617 g/mol. The fourth-order valence-corrected chi connectivity index (χ4v) is 5.10. The lowest BCUT2D eigenvalue weighted by atomic mass is 9.95. The number of carbonyl (C=O) groups excluding carboxylic acids is 3. The first kappa shape index (κ1) is 36.2. The van der Waals surface area contributed by atoms with Crippen molar-refractivity contribution < 1.29 is 38.1 Å². The minimum atomic E-state index is -0.661. The summed E-state index contributed by atoms with van der Waals surface area (Å²) >= 11 is 0. The third-order valence-electron chi connectivity index (χ3n) is 7.61. The number of amides is 3. The van der Waals surface area contributed by atoms with E-state index in [1.807, 2.05) is 27.7 Å². The highest BCUT2D eigenvalue weighted by Crippen LogP contribution is 2.31. The molecule has 0 saturated heterocycles. The molecule has 0 heterocycles. The number of anilines is 2. The molecule has 4 N–H and O–H groups in total. The van der Waals surface area contributed by atoms with Crippen LogP contribution in [0.15, 0.2) is 54.6 Å². The first-order valence-electron chi connectivity index (χ1n) is 16.5. The van der Waals surface area contributed by atoms with E-state index in [-0.39, 0.29) is 59.6 Å². The van der Waals surface area contributed by atoms with Crippen LogP contribution in [0.4, 0.5) is 15.8 Å². The fraction of sp³-hybridized carbons (Fsp3) is 0.432. The summed E-state index contributed by atoms with van der Waals surface area (Å²) < 4.78 is 31.3. The highest BCUT2D eigenvalue weighted by atomic mass is 19.1. The standard InChI is InChI=1S/C37H46FN3O7/c1-23(2)21-47-33-19-26(35(43)39-28-8-6-5-7-9-28)11-14-30(33)41-37(45)27-12-15-31(34(20-27)48-22-24(3)4)40-36(44)25-10-13-29(38)32(18-25)46-17-16-42/h10-15,18-20,23-24,28,42H,5-9,16-17,21-22H2,1-4H3,(H,39,43)(H,40,44)(H,41,45). The lowest BCUT2D eigenvalue weighted by Crippen LogP contribution is -2.36. The molecule has 1 aliphatic rings. The molecule has 4 rings (SSSR count). The molecule has 0 atom stereocenters. The SMILES string of the molecule is CC(C)COc1cc(C(=O)Nc2ccc(C(=O)NC3CCCCC3)cc2OCC(C)C)ccc1NC(=O)c1ccc(F)c(OCCO)c1. The molecule has 48 heavy (non-hydrogen) atoms. The largest absolute Gasteiger partial charge is 0.491 e. The smallest absolute Gasteiger partial charge is 0.255 e. The number of carbonyl (C=O) groups is 3. The minimum Gasteiger partial charge on any atom is -0.491 e. The van der Waals surface area contributed by atoms with Crippen LogP contribution in [0.3, 0.4) is 0 Å². The van der Waals surface area contributed by atoms with E-state index in [1.54, 1.807) is 30.3 Å². The number of halogens is 1. The van der Waals surface area contributed by atoms with Gasteiger partial charge in [-0.25, -0.2) is 4.39 Å². The Kier molecular flexibility index (Phi) is 13.2.